The lowest BCUT2D eigenvalue weighted by Crippen LogP contribution is -2.61. The van der Waals surface area contributed by atoms with E-state index in [1.165, 1.54) is 29.4 Å². The highest BCUT2D eigenvalue weighted by Crippen LogP contribution is 2.37. The SMILES string of the molecule is Cc1cc2cnc(NC(=O)C3CC3)cc2cc1C1CCN(C2(C)COC2)CC1. The van der Waals surface area contributed by atoms with Crippen LogP contribution in [0.25, 0.3) is 10.8 Å². The molecule has 1 amide bonds. The fraction of sp³-hybridized carbons (Fsp3) is 0.565. The number of aryl methyl sites for hydroxylation is 1. The molecule has 1 aromatic carbocycles. The highest BCUT2D eigenvalue weighted by Gasteiger charge is 2.41. The molecule has 28 heavy (non-hydrogen) atoms. The van der Waals surface area contributed by atoms with Crippen LogP contribution in [-0.2, 0) is 9.53 Å². The number of hydrogen-bond acceptors (Lipinski definition) is 4. The first kappa shape index (κ1) is 18.1. The number of amides is 1. The van der Waals surface area contributed by atoms with Crippen LogP contribution in [-0.4, -0.2) is 47.6 Å². The van der Waals surface area contributed by atoms with Gasteiger partial charge in [-0.25, -0.2) is 4.98 Å². The van der Waals surface area contributed by atoms with E-state index >= 15 is 0 Å². The van der Waals surface area contributed by atoms with Gasteiger partial charge in [-0.15, -0.1) is 0 Å². The third-order valence-electron chi connectivity index (χ3n) is 6.83. The second-order valence-electron chi connectivity index (χ2n) is 9.14. The maximum Gasteiger partial charge on any atom is 0.228 e. The fourth-order valence-corrected chi connectivity index (χ4v) is 4.72. The molecule has 0 bridgehead atoms. The second-order valence-corrected chi connectivity index (χ2v) is 9.14. The van der Waals surface area contributed by atoms with Crippen molar-refractivity contribution in [3.63, 3.8) is 0 Å². The van der Waals surface area contributed by atoms with Crippen molar-refractivity contribution in [1.82, 2.24) is 9.88 Å². The van der Waals surface area contributed by atoms with Crippen molar-refractivity contribution in [3.05, 3.63) is 35.5 Å². The van der Waals surface area contributed by atoms with Crippen molar-refractivity contribution >= 4 is 22.5 Å². The summed E-state index contributed by atoms with van der Waals surface area (Å²) in [5.74, 6) is 1.58. The minimum Gasteiger partial charge on any atom is -0.377 e. The summed E-state index contributed by atoms with van der Waals surface area (Å²) in [6.45, 7) is 8.56. The number of piperidine rings is 1. The van der Waals surface area contributed by atoms with Gasteiger partial charge in [-0.1, -0.05) is 6.07 Å². The second kappa shape index (κ2) is 6.82. The first-order chi connectivity index (χ1) is 13.5. The van der Waals surface area contributed by atoms with E-state index in [1.54, 1.807) is 0 Å². The zero-order valence-electron chi connectivity index (χ0n) is 16.8. The van der Waals surface area contributed by atoms with E-state index in [0.717, 1.165) is 44.5 Å². The number of carbonyl (C=O) groups excluding carboxylic acids is 1. The average molecular weight is 380 g/mol. The Balaban J connectivity index is 1.35. The number of fused-ring (bicyclic) bond motifs is 1. The summed E-state index contributed by atoms with van der Waals surface area (Å²) in [7, 11) is 0. The fourth-order valence-electron chi connectivity index (χ4n) is 4.72. The molecule has 0 unspecified atom stereocenters. The van der Waals surface area contributed by atoms with E-state index in [9.17, 15) is 4.79 Å². The van der Waals surface area contributed by atoms with Gasteiger partial charge in [0.05, 0.1) is 18.8 Å². The molecule has 3 aliphatic rings. The third-order valence-corrected chi connectivity index (χ3v) is 6.83. The van der Waals surface area contributed by atoms with Crippen LogP contribution in [0.1, 0.15) is 49.7 Å². The molecule has 5 rings (SSSR count). The maximum atomic E-state index is 12.1. The van der Waals surface area contributed by atoms with Gasteiger partial charge in [-0.2, -0.15) is 0 Å². The summed E-state index contributed by atoms with van der Waals surface area (Å²) >= 11 is 0. The highest BCUT2D eigenvalue weighted by molar-refractivity contribution is 5.95. The summed E-state index contributed by atoms with van der Waals surface area (Å²) in [6.07, 6.45) is 6.28. The van der Waals surface area contributed by atoms with Gasteiger partial charge in [0.15, 0.2) is 0 Å². The zero-order chi connectivity index (χ0) is 19.3. The Labute approximate surface area is 166 Å². The molecule has 1 saturated carbocycles. The lowest BCUT2D eigenvalue weighted by Gasteiger charge is -2.50. The van der Waals surface area contributed by atoms with Gasteiger partial charge in [0.25, 0.3) is 0 Å². The van der Waals surface area contributed by atoms with Crippen LogP contribution in [0.4, 0.5) is 5.82 Å². The largest absolute Gasteiger partial charge is 0.377 e. The summed E-state index contributed by atoms with van der Waals surface area (Å²) in [4.78, 5) is 19.1. The molecular formula is C23H29N3O2. The first-order valence-electron chi connectivity index (χ1n) is 10.6. The van der Waals surface area contributed by atoms with Gasteiger partial charge in [0, 0.05) is 17.5 Å². The quantitative estimate of drug-likeness (QED) is 0.876. The number of benzene rings is 1. The van der Waals surface area contributed by atoms with E-state index in [-0.39, 0.29) is 17.4 Å². The number of nitrogens with zero attached hydrogens (tertiary/aromatic N) is 2. The zero-order valence-corrected chi connectivity index (χ0v) is 16.8. The molecule has 1 N–H and O–H groups in total. The minimum atomic E-state index is 0.111. The van der Waals surface area contributed by atoms with Crippen LogP contribution in [0.2, 0.25) is 0 Å². The Bertz CT molecular complexity index is 909. The smallest absolute Gasteiger partial charge is 0.228 e. The number of anilines is 1. The predicted molar refractivity (Wildman–Crippen MR) is 111 cm³/mol. The van der Waals surface area contributed by atoms with Crippen LogP contribution in [0, 0.1) is 12.8 Å². The van der Waals surface area contributed by atoms with Crippen LogP contribution in [0.5, 0.6) is 0 Å². The van der Waals surface area contributed by atoms with Crippen LogP contribution in [0.15, 0.2) is 24.4 Å². The van der Waals surface area contributed by atoms with Crippen molar-refractivity contribution in [2.45, 2.75) is 51.0 Å². The molecule has 1 aliphatic carbocycles. The molecule has 3 fully saturated rings. The molecule has 2 saturated heterocycles. The molecule has 0 spiro atoms. The Kier molecular flexibility index (Phi) is 4.40. The Morgan fingerprint density at radius 3 is 2.54 bits per heavy atom. The Morgan fingerprint density at radius 1 is 1.14 bits per heavy atom. The van der Waals surface area contributed by atoms with E-state index in [0.29, 0.717) is 11.7 Å². The minimum absolute atomic E-state index is 0.111. The topological polar surface area (TPSA) is 54.5 Å². The van der Waals surface area contributed by atoms with Crippen molar-refractivity contribution in [3.8, 4) is 0 Å². The van der Waals surface area contributed by atoms with Crippen LogP contribution < -0.4 is 5.32 Å². The summed E-state index contributed by atoms with van der Waals surface area (Å²) in [6, 6.07) is 6.60. The highest BCUT2D eigenvalue weighted by atomic mass is 16.5. The molecule has 5 nitrogen and oxygen atoms in total. The number of rotatable bonds is 4. The summed E-state index contributed by atoms with van der Waals surface area (Å²) in [5.41, 5.74) is 3.05. The molecule has 148 valence electrons. The lowest BCUT2D eigenvalue weighted by atomic mass is 9.83. The van der Waals surface area contributed by atoms with Gasteiger partial charge < -0.3 is 10.1 Å². The Morgan fingerprint density at radius 2 is 1.89 bits per heavy atom. The number of hydrogen-bond donors (Lipinski definition) is 1. The Hall–Kier alpha value is -1.98. The van der Waals surface area contributed by atoms with E-state index < -0.39 is 0 Å². The first-order valence-corrected chi connectivity index (χ1v) is 10.6. The van der Waals surface area contributed by atoms with Crippen LogP contribution >= 0.6 is 0 Å². The monoisotopic (exact) mass is 379 g/mol. The van der Waals surface area contributed by atoms with Crippen LogP contribution in [0.3, 0.4) is 0 Å². The molecule has 1 aromatic heterocycles. The van der Waals surface area contributed by atoms with Gasteiger partial charge >= 0.3 is 0 Å². The van der Waals surface area contributed by atoms with Crippen molar-refractivity contribution in [2.24, 2.45) is 5.92 Å². The number of aromatic nitrogens is 1. The van der Waals surface area contributed by atoms with E-state index in [4.69, 9.17) is 4.74 Å². The molecule has 0 radical (unpaired) electrons. The van der Waals surface area contributed by atoms with E-state index in [1.807, 2.05) is 12.3 Å². The molecule has 2 aliphatic heterocycles. The standard InChI is InChI=1S/C23H29N3O2/c1-15-9-19-12-24-21(25-22(27)17-3-4-17)11-18(19)10-20(15)16-5-7-26(8-6-16)23(2)13-28-14-23/h9-12,16-17H,3-8,13-14H2,1-2H3,(H,24,25,27). The normalized spacial score (nSPS) is 22.8. The van der Waals surface area contributed by atoms with E-state index in [2.05, 4.69) is 41.2 Å². The number of ether oxygens (including phenoxy) is 1. The van der Waals surface area contributed by atoms with Gasteiger partial charge in [-0.3, -0.25) is 9.69 Å². The number of likely N-dealkylation sites (tertiary alicyclic amines) is 1. The molecular weight excluding hydrogens is 350 g/mol. The number of carbonyl (C=O) groups is 1. The van der Waals surface area contributed by atoms with Crippen molar-refractivity contribution in [1.29, 1.82) is 0 Å². The van der Waals surface area contributed by atoms with Gasteiger partial charge in [0.1, 0.15) is 5.82 Å². The number of nitrogens with one attached hydrogen (secondary N) is 1. The summed E-state index contributed by atoms with van der Waals surface area (Å²) in [5, 5.41) is 5.29. The predicted octanol–water partition coefficient (Wildman–Crippen LogP) is 3.86. The average Bonchev–Trinajstić information content (AvgIpc) is 3.51. The third kappa shape index (κ3) is 3.31. The van der Waals surface area contributed by atoms with Gasteiger partial charge in [0.2, 0.25) is 5.91 Å². The molecule has 3 heterocycles. The lowest BCUT2D eigenvalue weighted by molar-refractivity contribution is -0.136. The summed E-state index contributed by atoms with van der Waals surface area (Å²) < 4.78 is 5.45. The molecule has 5 heteroatoms. The van der Waals surface area contributed by atoms with Crippen molar-refractivity contribution in [2.75, 3.05) is 31.6 Å². The number of pyridine rings is 1. The van der Waals surface area contributed by atoms with Crippen molar-refractivity contribution < 1.29 is 9.53 Å². The molecule has 0 atom stereocenters. The maximum absolute atomic E-state index is 12.1. The molecule has 2 aromatic rings. The van der Waals surface area contributed by atoms with Gasteiger partial charge in [-0.05, 0) is 87.2 Å².